The van der Waals surface area contributed by atoms with E-state index in [9.17, 15) is 9.59 Å². The Balaban J connectivity index is 1.96. The van der Waals surface area contributed by atoms with Gasteiger partial charge in [-0.05, 0) is 55.0 Å². The lowest BCUT2D eigenvalue weighted by molar-refractivity contribution is 0.0600. The standard InChI is InChI=1S/C26H18ClFN2O4/c1-15-5-3-7-20(27)23(15)25(32)30-22-13-16(6-4-12-31)8-10-19(22)24(29-30)18-11-9-17(14-21(18)28)26(33)34-2/h3,5,7-11,13-14,31H,12H2,1-2H3. The maximum Gasteiger partial charge on any atom is 0.337 e. The summed E-state index contributed by atoms with van der Waals surface area (Å²) in [4.78, 5) is 25.3. The van der Waals surface area contributed by atoms with Crippen molar-refractivity contribution in [3.63, 3.8) is 0 Å². The second-order valence-electron chi connectivity index (χ2n) is 7.38. The Hall–Kier alpha value is -3.99. The number of hydrogen-bond acceptors (Lipinski definition) is 5. The maximum absolute atomic E-state index is 15.1. The molecule has 1 aromatic heterocycles. The van der Waals surface area contributed by atoms with Crippen LogP contribution in [0.5, 0.6) is 0 Å². The Bertz CT molecular complexity index is 1490. The zero-order valence-electron chi connectivity index (χ0n) is 18.2. The number of carbonyl (C=O) groups is 2. The smallest absolute Gasteiger partial charge is 0.337 e. The van der Waals surface area contributed by atoms with Gasteiger partial charge in [-0.2, -0.15) is 9.78 Å². The van der Waals surface area contributed by atoms with Gasteiger partial charge in [0, 0.05) is 16.5 Å². The van der Waals surface area contributed by atoms with E-state index in [1.165, 1.54) is 19.2 Å². The Morgan fingerprint density at radius 1 is 1.18 bits per heavy atom. The number of aliphatic hydroxyl groups excluding tert-OH is 1. The highest BCUT2D eigenvalue weighted by Gasteiger charge is 2.23. The zero-order chi connectivity index (χ0) is 24.4. The summed E-state index contributed by atoms with van der Waals surface area (Å²) in [7, 11) is 1.21. The molecule has 4 rings (SSSR count). The molecule has 0 unspecified atom stereocenters. The molecule has 34 heavy (non-hydrogen) atoms. The minimum atomic E-state index is -0.694. The molecule has 0 bridgehead atoms. The zero-order valence-corrected chi connectivity index (χ0v) is 19.0. The normalized spacial score (nSPS) is 10.6. The highest BCUT2D eigenvalue weighted by atomic mass is 35.5. The lowest BCUT2D eigenvalue weighted by Crippen LogP contribution is -2.15. The molecule has 0 atom stereocenters. The lowest BCUT2D eigenvalue weighted by atomic mass is 10.0. The van der Waals surface area contributed by atoms with Gasteiger partial charge in [0.1, 0.15) is 18.1 Å². The monoisotopic (exact) mass is 476 g/mol. The minimum Gasteiger partial charge on any atom is -0.465 e. The van der Waals surface area contributed by atoms with Gasteiger partial charge in [0.25, 0.3) is 5.91 Å². The Morgan fingerprint density at radius 3 is 2.65 bits per heavy atom. The predicted octanol–water partition coefficient (Wildman–Crippen LogP) is 4.62. The molecule has 1 heterocycles. The van der Waals surface area contributed by atoms with Crippen molar-refractivity contribution in [2.75, 3.05) is 13.7 Å². The number of aryl methyl sites for hydroxylation is 1. The van der Waals surface area contributed by atoms with Crippen LogP contribution in [-0.4, -0.2) is 40.5 Å². The number of rotatable bonds is 3. The molecular formula is C26H18ClFN2O4. The lowest BCUT2D eigenvalue weighted by Gasteiger charge is -2.08. The molecule has 0 radical (unpaired) electrons. The summed E-state index contributed by atoms with van der Waals surface area (Å²) in [6.07, 6.45) is 0. The van der Waals surface area contributed by atoms with Crippen LogP contribution in [0.3, 0.4) is 0 Å². The molecule has 0 fully saturated rings. The van der Waals surface area contributed by atoms with E-state index in [2.05, 4.69) is 21.7 Å². The van der Waals surface area contributed by atoms with Crippen molar-refractivity contribution < 1.29 is 23.8 Å². The third kappa shape index (κ3) is 4.17. The number of ether oxygens (including phenoxy) is 1. The van der Waals surface area contributed by atoms with Gasteiger partial charge in [-0.1, -0.05) is 35.6 Å². The van der Waals surface area contributed by atoms with E-state index in [4.69, 9.17) is 16.7 Å². The van der Waals surface area contributed by atoms with Gasteiger partial charge in [-0.25, -0.2) is 9.18 Å². The van der Waals surface area contributed by atoms with Crippen LogP contribution in [0.2, 0.25) is 5.02 Å². The fraction of sp³-hybridized carbons (Fsp3) is 0.115. The van der Waals surface area contributed by atoms with Crippen molar-refractivity contribution in [2.45, 2.75) is 6.92 Å². The summed E-state index contributed by atoms with van der Waals surface area (Å²) in [5, 5.41) is 14.2. The van der Waals surface area contributed by atoms with Gasteiger partial charge in [-0.15, -0.1) is 0 Å². The largest absolute Gasteiger partial charge is 0.465 e. The number of carbonyl (C=O) groups excluding carboxylic acids is 2. The summed E-state index contributed by atoms with van der Waals surface area (Å²) in [5.41, 5.74) is 2.23. The van der Waals surface area contributed by atoms with Crippen LogP contribution in [-0.2, 0) is 4.74 Å². The molecule has 0 saturated carbocycles. The third-order valence-electron chi connectivity index (χ3n) is 5.27. The third-order valence-corrected chi connectivity index (χ3v) is 5.58. The first-order valence-corrected chi connectivity index (χ1v) is 10.5. The van der Waals surface area contributed by atoms with Crippen LogP contribution >= 0.6 is 11.6 Å². The summed E-state index contributed by atoms with van der Waals surface area (Å²) >= 11 is 6.32. The fourth-order valence-electron chi connectivity index (χ4n) is 3.65. The molecule has 1 N–H and O–H groups in total. The number of nitrogens with zero attached hydrogens (tertiary/aromatic N) is 2. The van der Waals surface area contributed by atoms with Crippen LogP contribution in [0.4, 0.5) is 4.39 Å². The van der Waals surface area contributed by atoms with Crippen molar-refractivity contribution in [1.82, 2.24) is 9.78 Å². The van der Waals surface area contributed by atoms with Crippen LogP contribution in [0, 0.1) is 24.6 Å². The van der Waals surface area contributed by atoms with Gasteiger partial charge in [-0.3, -0.25) is 4.79 Å². The fourth-order valence-corrected chi connectivity index (χ4v) is 3.95. The first-order valence-electron chi connectivity index (χ1n) is 10.2. The maximum atomic E-state index is 15.1. The number of aromatic nitrogens is 2. The second kappa shape index (κ2) is 9.48. The first kappa shape index (κ1) is 23.2. The summed E-state index contributed by atoms with van der Waals surface area (Å²) in [6, 6.07) is 14.0. The van der Waals surface area contributed by atoms with Crippen molar-refractivity contribution in [1.29, 1.82) is 0 Å². The van der Waals surface area contributed by atoms with Gasteiger partial charge < -0.3 is 9.84 Å². The van der Waals surface area contributed by atoms with Crippen molar-refractivity contribution >= 4 is 34.4 Å². The number of methoxy groups -OCH3 is 1. The number of esters is 1. The van der Waals surface area contributed by atoms with Crippen molar-refractivity contribution in [2.24, 2.45) is 0 Å². The number of benzene rings is 3. The van der Waals surface area contributed by atoms with E-state index in [0.29, 0.717) is 22.0 Å². The van der Waals surface area contributed by atoms with E-state index in [-0.39, 0.29) is 34.0 Å². The van der Waals surface area contributed by atoms with Gasteiger partial charge >= 0.3 is 5.97 Å². The minimum absolute atomic E-state index is 0.0526. The van der Waals surface area contributed by atoms with E-state index >= 15 is 4.39 Å². The predicted molar refractivity (Wildman–Crippen MR) is 126 cm³/mol. The Kier molecular flexibility index (Phi) is 6.46. The van der Waals surface area contributed by atoms with E-state index in [0.717, 1.165) is 10.7 Å². The number of fused-ring (bicyclic) bond motifs is 1. The molecule has 0 aliphatic rings. The van der Waals surface area contributed by atoms with Crippen LogP contribution in [0.15, 0.2) is 54.6 Å². The summed E-state index contributed by atoms with van der Waals surface area (Å²) in [5.74, 6) is 3.51. The first-order chi connectivity index (χ1) is 16.3. The summed E-state index contributed by atoms with van der Waals surface area (Å²) < 4.78 is 20.9. The molecule has 170 valence electrons. The Morgan fingerprint density at radius 2 is 1.97 bits per heavy atom. The van der Waals surface area contributed by atoms with Gasteiger partial charge in [0.2, 0.25) is 0 Å². The molecule has 4 aromatic rings. The SMILES string of the molecule is COC(=O)c1ccc(-c2nn(C(=O)c3c(C)cccc3Cl)c3cc(C#CCO)ccc23)c(F)c1. The second-order valence-corrected chi connectivity index (χ2v) is 7.78. The van der Waals surface area contributed by atoms with Gasteiger partial charge in [0.15, 0.2) is 0 Å². The molecule has 0 spiro atoms. The van der Waals surface area contributed by atoms with E-state index in [1.54, 1.807) is 43.3 Å². The quantitative estimate of drug-likeness (QED) is 0.344. The highest BCUT2D eigenvalue weighted by Crippen LogP contribution is 2.32. The molecule has 8 heteroatoms. The molecule has 0 amide bonds. The number of halogens is 2. The summed E-state index contributed by atoms with van der Waals surface area (Å²) in [6.45, 7) is 1.44. The molecule has 0 saturated heterocycles. The van der Waals surface area contributed by atoms with Crippen molar-refractivity contribution in [3.05, 3.63) is 87.7 Å². The average Bonchev–Trinajstić information content (AvgIpc) is 3.20. The molecular weight excluding hydrogens is 459 g/mol. The molecule has 0 aliphatic carbocycles. The highest BCUT2D eigenvalue weighted by molar-refractivity contribution is 6.34. The molecule has 6 nitrogen and oxygen atoms in total. The Labute approximate surface area is 199 Å². The van der Waals surface area contributed by atoms with Crippen LogP contribution in [0.1, 0.15) is 31.8 Å². The van der Waals surface area contributed by atoms with E-state index < -0.39 is 17.7 Å². The topological polar surface area (TPSA) is 81.4 Å². The number of hydrogen-bond donors (Lipinski definition) is 1. The van der Waals surface area contributed by atoms with Gasteiger partial charge in [0.05, 0.1) is 28.8 Å². The van der Waals surface area contributed by atoms with E-state index in [1.807, 2.05) is 0 Å². The number of aliphatic hydroxyl groups is 1. The van der Waals surface area contributed by atoms with Crippen LogP contribution in [0.25, 0.3) is 22.2 Å². The average molecular weight is 477 g/mol. The van der Waals surface area contributed by atoms with Crippen molar-refractivity contribution in [3.8, 4) is 23.1 Å². The molecule has 3 aromatic carbocycles. The molecule has 0 aliphatic heterocycles. The van der Waals surface area contributed by atoms with Crippen LogP contribution < -0.4 is 0 Å².